The van der Waals surface area contributed by atoms with Gasteiger partial charge in [-0.25, -0.2) is 0 Å². The van der Waals surface area contributed by atoms with Crippen LogP contribution < -0.4 is 5.32 Å². The predicted octanol–water partition coefficient (Wildman–Crippen LogP) is 0.0652. The zero-order valence-corrected chi connectivity index (χ0v) is 11.3. The van der Waals surface area contributed by atoms with Gasteiger partial charge < -0.3 is 15.1 Å². The number of carbonyl (C=O) groups excluding carboxylic acids is 2. The molecule has 0 bridgehead atoms. The average Bonchev–Trinajstić information content (AvgIpc) is 3.19. The SMILES string of the molecule is CC(C)NCC(=O)N1CCN(C(=O)C2CC2)CC1. The first kappa shape index (κ1) is 13.3. The molecule has 0 unspecified atom stereocenters. The van der Waals surface area contributed by atoms with Crippen LogP contribution in [0, 0.1) is 5.92 Å². The summed E-state index contributed by atoms with van der Waals surface area (Å²) in [6.45, 7) is 7.20. The number of nitrogens with one attached hydrogen (secondary N) is 1. The van der Waals surface area contributed by atoms with Crippen LogP contribution in [0.5, 0.6) is 0 Å². The fraction of sp³-hybridized carbons (Fsp3) is 0.846. The largest absolute Gasteiger partial charge is 0.339 e. The van der Waals surface area contributed by atoms with Crippen molar-refractivity contribution in [2.24, 2.45) is 5.92 Å². The molecule has 2 fully saturated rings. The van der Waals surface area contributed by atoms with Gasteiger partial charge in [0.05, 0.1) is 6.54 Å². The second-order valence-corrected chi connectivity index (χ2v) is 5.52. The lowest BCUT2D eigenvalue weighted by molar-refractivity contribution is -0.139. The number of piperazine rings is 1. The third-order valence-corrected chi connectivity index (χ3v) is 3.53. The molecule has 5 heteroatoms. The van der Waals surface area contributed by atoms with Gasteiger partial charge in [0.15, 0.2) is 0 Å². The molecule has 2 aliphatic rings. The van der Waals surface area contributed by atoms with Crippen molar-refractivity contribution in [3.05, 3.63) is 0 Å². The van der Waals surface area contributed by atoms with Crippen LogP contribution in [0.1, 0.15) is 26.7 Å². The first-order valence-electron chi connectivity index (χ1n) is 6.88. The Morgan fingerprint density at radius 3 is 2.17 bits per heavy atom. The average molecular weight is 253 g/mol. The van der Waals surface area contributed by atoms with Crippen LogP contribution in [0.15, 0.2) is 0 Å². The summed E-state index contributed by atoms with van der Waals surface area (Å²) in [6, 6.07) is 0.326. The number of rotatable bonds is 4. The second-order valence-electron chi connectivity index (χ2n) is 5.52. The van der Waals surface area contributed by atoms with Crippen LogP contribution in [-0.2, 0) is 9.59 Å². The number of hydrogen-bond acceptors (Lipinski definition) is 3. The van der Waals surface area contributed by atoms with Crippen molar-refractivity contribution in [2.75, 3.05) is 32.7 Å². The van der Waals surface area contributed by atoms with Gasteiger partial charge in [-0.05, 0) is 12.8 Å². The Hall–Kier alpha value is -1.10. The zero-order chi connectivity index (χ0) is 13.1. The van der Waals surface area contributed by atoms with E-state index in [1.54, 1.807) is 0 Å². The smallest absolute Gasteiger partial charge is 0.236 e. The van der Waals surface area contributed by atoms with Gasteiger partial charge in [-0.1, -0.05) is 13.8 Å². The van der Waals surface area contributed by atoms with E-state index >= 15 is 0 Å². The molecule has 5 nitrogen and oxygen atoms in total. The third kappa shape index (κ3) is 3.45. The van der Waals surface area contributed by atoms with Gasteiger partial charge in [0.25, 0.3) is 0 Å². The van der Waals surface area contributed by atoms with Crippen LogP contribution >= 0.6 is 0 Å². The maximum Gasteiger partial charge on any atom is 0.236 e. The molecule has 1 heterocycles. The summed E-state index contributed by atoms with van der Waals surface area (Å²) in [5.41, 5.74) is 0. The van der Waals surface area contributed by atoms with E-state index in [1.807, 2.05) is 23.6 Å². The minimum atomic E-state index is 0.141. The normalized spacial score (nSPS) is 20.4. The van der Waals surface area contributed by atoms with Crippen molar-refractivity contribution in [3.8, 4) is 0 Å². The Morgan fingerprint density at radius 1 is 1.11 bits per heavy atom. The van der Waals surface area contributed by atoms with Crippen molar-refractivity contribution in [1.29, 1.82) is 0 Å². The maximum absolute atomic E-state index is 11.9. The second kappa shape index (κ2) is 5.69. The molecular weight excluding hydrogens is 230 g/mol. The fourth-order valence-electron chi connectivity index (χ4n) is 2.17. The van der Waals surface area contributed by atoms with Crippen molar-refractivity contribution in [1.82, 2.24) is 15.1 Å². The van der Waals surface area contributed by atoms with Crippen LogP contribution in [0.3, 0.4) is 0 Å². The molecule has 1 saturated carbocycles. The summed E-state index contributed by atoms with van der Waals surface area (Å²) < 4.78 is 0. The first-order chi connectivity index (χ1) is 8.58. The molecule has 2 rings (SSSR count). The van der Waals surface area contributed by atoms with E-state index in [0.717, 1.165) is 12.8 Å². The highest BCUT2D eigenvalue weighted by Gasteiger charge is 2.35. The van der Waals surface area contributed by atoms with Crippen molar-refractivity contribution in [3.63, 3.8) is 0 Å². The fourth-order valence-corrected chi connectivity index (χ4v) is 2.17. The number of nitrogens with zero attached hydrogens (tertiary/aromatic N) is 2. The van der Waals surface area contributed by atoms with Gasteiger partial charge >= 0.3 is 0 Å². The summed E-state index contributed by atoms with van der Waals surface area (Å²) in [5, 5.41) is 3.13. The Labute approximate surface area is 108 Å². The van der Waals surface area contributed by atoms with Gasteiger partial charge in [-0.2, -0.15) is 0 Å². The molecular formula is C13H23N3O2. The van der Waals surface area contributed by atoms with Gasteiger partial charge in [0.1, 0.15) is 0 Å². The molecule has 0 atom stereocenters. The monoisotopic (exact) mass is 253 g/mol. The van der Waals surface area contributed by atoms with Crippen LogP contribution in [0.25, 0.3) is 0 Å². The molecule has 2 amide bonds. The minimum Gasteiger partial charge on any atom is -0.339 e. The Kier molecular flexibility index (Phi) is 4.22. The summed E-state index contributed by atoms with van der Waals surface area (Å²) in [7, 11) is 0. The maximum atomic E-state index is 11.9. The van der Waals surface area contributed by atoms with Crippen molar-refractivity contribution >= 4 is 11.8 Å². The van der Waals surface area contributed by atoms with E-state index in [9.17, 15) is 9.59 Å². The molecule has 0 aromatic carbocycles. The molecule has 1 N–H and O–H groups in total. The van der Waals surface area contributed by atoms with E-state index in [-0.39, 0.29) is 11.8 Å². The summed E-state index contributed by atoms with van der Waals surface area (Å²) in [4.78, 5) is 27.5. The summed E-state index contributed by atoms with van der Waals surface area (Å²) in [5.74, 6) is 0.722. The molecule has 102 valence electrons. The number of hydrogen-bond donors (Lipinski definition) is 1. The van der Waals surface area contributed by atoms with Crippen molar-refractivity contribution < 1.29 is 9.59 Å². The van der Waals surface area contributed by atoms with E-state index in [1.165, 1.54) is 0 Å². The number of amides is 2. The van der Waals surface area contributed by atoms with Gasteiger partial charge in [-0.3, -0.25) is 9.59 Å². The molecule has 18 heavy (non-hydrogen) atoms. The van der Waals surface area contributed by atoms with Crippen molar-refractivity contribution in [2.45, 2.75) is 32.7 Å². The lowest BCUT2D eigenvalue weighted by Gasteiger charge is -2.35. The predicted molar refractivity (Wildman–Crippen MR) is 69.0 cm³/mol. The van der Waals surface area contributed by atoms with Gasteiger partial charge in [-0.15, -0.1) is 0 Å². The van der Waals surface area contributed by atoms with Gasteiger partial charge in [0, 0.05) is 38.1 Å². The third-order valence-electron chi connectivity index (χ3n) is 3.53. The molecule has 0 aromatic rings. The molecule has 1 aliphatic heterocycles. The highest BCUT2D eigenvalue weighted by molar-refractivity contribution is 5.82. The van der Waals surface area contributed by atoms with Crippen LogP contribution in [-0.4, -0.2) is 60.4 Å². The van der Waals surface area contributed by atoms with E-state index < -0.39 is 0 Å². The molecule has 0 spiro atoms. The summed E-state index contributed by atoms with van der Waals surface area (Å²) in [6.07, 6.45) is 2.10. The Bertz CT molecular complexity index is 318. The van der Waals surface area contributed by atoms with E-state index in [0.29, 0.717) is 44.7 Å². The zero-order valence-electron chi connectivity index (χ0n) is 11.3. The topological polar surface area (TPSA) is 52.7 Å². The minimum absolute atomic E-state index is 0.141. The van der Waals surface area contributed by atoms with Crippen LogP contribution in [0.2, 0.25) is 0 Å². The molecule has 1 aliphatic carbocycles. The van der Waals surface area contributed by atoms with Gasteiger partial charge in [0.2, 0.25) is 11.8 Å². The Balaban J connectivity index is 1.72. The lowest BCUT2D eigenvalue weighted by atomic mass is 10.2. The molecule has 0 radical (unpaired) electrons. The van der Waals surface area contributed by atoms with E-state index in [4.69, 9.17) is 0 Å². The quantitative estimate of drug-likeness (QED) is 0.771. The standard InChI is InChI=1S/C13H23N3O2/c1-10(2)14-9-12(17)15-5-7-16(8-6-15)13(18)11-3-4-11/h10-11,14H,3-9H2,1-2H3. The number of carbonyl (C=O) groups is 2. The lowest BCUT2D eigenvalue weighted by Crippen LogP contribution is -2.53. The van der Waals surface area contributed by atoms with Crippen LogP contribution in [0.4, 0.5) is 0 Å². The summed E-state index contributed by atoms with van der Waals surface area (Å²) >= 11 is 0. The molecule has 1 saturated heterocycles. The Morgan fingerprint density at radius 2 is 1.67 bits per heavy atom. The highest BCUT2D eigenvalue weighted by Crippen LogP contribution is 2.31. The highest BCUT2D eigenvalue weighted by atomic mass is 16.2. The van der Waals surface area contributed by atoms with E-state index in [2.05, 4.69) is 5.32 Å². The first-order valence-corrected chi connectivity index (χ1v) is 6.88. The molecule has 0 aromatic heterocycles.